The minimum atomic E-state index is -0.223. The molecular formula is C18H24ClN5O3. The zero-order valence-corrected chi connectivity index (χ0v) is 16.4. The Bertz CT molecular complexity index is 740. The van der Waals surface area contributed by atoms with E-state index >= 15 is 0 Å². The van der Waals surface area contributed by atoms with Gasteiger partial charge in [0.05, 0.1) is 30.7 Å². The number of nitrogens with one attached hydrogen (secondary N) is 2. The second-order valence-electron chi connectivity index (χ2n) is 7.14. The van der Waals surface area contributed by atoms with Crippen molar-refractivity contribution in [2.75, 3.05) is 19.5 Å². The summed E-state index contributed by atoms with van der Waals surface area (Å²) >= 11 is 6.44. The molecule has 2 aliphatic rings. The van der Waals surface area contributed by atoms with Gasteiger partial charge in [-0.2, -0.15) is 10.2 Å². The molecule has 3 rings (SSSR count). The summed E-state index contributed by atoms with van der Waals surface area (Å²) in [4.78, 5) is 21.0. The van der Waals surface area contributed by atoms with Gasteiger partial charge in [0, 0.05) is 19.2 Å². The van der Waals surface area contributed by atoms with Gasteiger partial charge >= 0.3 is 0 Å². The van der Waals surface area contributed by atoms with E-state index in [1.165, 1.54) is 13.3 Å². The first-order valence-electron chi connectivity index (χ1n) is 9.01. The largest absolute Gasteiger partial charge is 0.480 e. The number of nitriles is 1. The molecule has 5 unspecified atom stereocenters. The zero-order valence-electron chi connectivity index (χ0n) is 15.6. The van der Waals surface area contributed by atoms with Crippen molar-refractivity contribution in [2.45, 2.75) is 49.8 Å². The van der Waals surface area contributed by atoms with E-state index < -0.39 is 0 Å². The van der Waals surface area contributed by atoms with E-state index in [4.69, 9.17) is 26.3 Å². The molecule has 1 aromatic rings. The number of fused-ring (bicyclic) bond motifs is 1. The maximum Gasteiger partial charge on any atom is 0.236 e. The van der Waals surface area contributed by atoms with Gasteiger partial charge in [0.25, 0.3) is 0 Å². The molecular weight excluding hydrogens is 370 g/mol. The molecule has 1 aliphatic carbocycles. The Labute approximate surface area is 163 Å². The van der Waals surface area contributed by atoms with Crippen molar-refractivity contribution in [3.8, 4) is 11.9 Å². The summed E-state index contributed by atoms with van der Waals surface area (Å²) in [6, 6.07) is 1.90. The number of amides is 1. The molecule has 1 aliphatic heterocycles. The van der Waals surface area contributed by atoms with Crippen LogP contribution in [0.1, 0.15) is 31.7 Å². The molecule has 1 aromatic heterocycles. The molecule has 1 saturated heterocycles. The summed E-state index contributed by atoms with van der Waals surface area (Å²) in [6.07, 6.45) is 3.68. The van der Waals surface area contributed by atoms with Crippen LogP contribution in [0.4, 0.5) is 5.95 Å². The minimum Gasteiger partial charge on any atom is -0.480 e. The van der Waals surface area contributed by atoms with Crippen molar-refractivity contribution in [2.24, 2.45) is 11.8 Å². The first-order chi connectivity index (χ1) is 13.0. The van der Waals surface area contributed by atoms with Crippen molar-refractivity contribution in [1.29, 1.82) is 5.26 Å². The van der Waals surface area contributed by atoms with Gasteiger partial charge < -0.3 is 20.1 Å². The van der Waals surface area contributed by atoms with Gasteiger partial charge in [-0.1, -0.05) is 0 Å². The number of anilines is 1. The van der Waals surface area contributed by atoms with Crippen LogP contribution in [0.2, 0.25) is 0 Å². The number of ether oxygens (including phenoxy) is 2. The second-order valence-corrected chi connectivity index (χ2v) is 7.70. The van der Waals surface area contributed by atoms with E-state index in [0.717, 1.165) is 19.3 Å². The average Bonchev–Trinajstić information content (AvgIpc) is 2.67. The van der Waals surface area contributed by atoms with Crippen molar-refractivity contribution < 1.29 is 14.3 Å². The molecule has 9 heteroatoms. The maximum absolute atomic E-state index is 12.6. The van der Waals surface area contributed by atoms with E-state index in [-0.39, 0.29) is 46.8 Å². The molecule has 2 N–H and O–H groups in total. The molecule has 1 amide bonds. The predicted octanol–water partition coefficient (Wildman–Crippen LogP) is 1.69. The summed E-state index contributed by atoms with van der Waals surface area (Å²) in [5.74, 6) is 0.645. The van der Waals surface area contributed by atoms with Gasteiger partial charge in [-0.3, -0.25) is 4.79 Å². The molecule has 146 valence electrons. The lowest BCUT2D eigenvalue weighted by atomic mass is 9.73. The lowest BCUT2D eigenvalue weighted by molar-refractivity contribution is -0.131. The third-order valence-electron chi connectivity index (χ3n) is 5.54. The zero-order chi connectivity index (χ0) is 19.6. The Morgan fingerprint density at radius 1 is 1.41 bits per heavy atom. The molecule has 0 bridgehead atoms. The lowest BCUT2D eigenvalue weighted by Crippen LogP contribution is -2.57. The Hall–Kier alpha value is -2.11. The number of methoxy groups -OCH3 is 2. The first kappa shape index (κ1) is 19.6. The van der Waals surface area contributed by atoms with Crippen LogP contribution in [0, 0.1) is 23.2 Å². The molecule has 0 aromatic carbocycles. The van der Waals surface area contributed by atoms with E-state index in [2.05, 4.69) is 20.6 Å². The molecule has 2 fully saturated rings. The fourth-order valence-electron chi connectivity index (χ4n) is 4.00. The minimum absolute atomic E-state index is 0.0136. The molecule has 8 nitrogen and oxygen atoms in total. The van der Waals surface area contributed by atoms with Crippen LogP contribution < -0.4 is 15.4 Å². The van der Waals surface area contributed by atoms with Crippen LogP contribution in [0.25, 0.3) is 0 Å². The standard InChI is InChI=1S/C18H24ClN5O3/c1-9(22-18-21-8-11(7-20)17(24-18)27-3)12-4-10-5-13(19)15(26-2)6-14(10)23-16(12)25/h8-10,12-15H,4-6H2,1-3H3,(H,23,25)(H,21,22,24)/t9-,10?,12?,13?,14?,15?/m1/s1. The normalized spacial score (nSPS) is 31.2. The number of aromatic nitrogens is 2. The summed E-state index contributed by atoms with van der Waals surface area (Å²) in [6.45, 7) is 1.93. The fourth-order valence-corrected chi connectivity index (χ4v) is 4.44. The van der Waals surface area contributed by atoms with Crippen LogP contribution >= 0.6 is 11.6 Å². The third kappa shape index (κ3) is 4.09. The molecule has 27 heavy (non-hydrogen) atoms. The van der Waals surface area contributed by atoms with Crippen molar-refractivity contribution in [3.05, 3.63) is 11.8 Å². The van der Waals surface area contributed by atoms with Crippen LogP contribution in [-0.2, 0) is 9.53 Å². The number of hydrogen-bond acceptors (Lipinski definition) is 7. The second kappa shape index (κ2) is 8.28. The SMILES string of the molecule is COc1nc(N[C@H](C)C2CC3CC(Cl)C(OC)CC3NC2=O)ncc1C#N. The van der Waals surface area contributed by atoms with Crippen LogP contribution in [0.15, 0.2) is 6.20 Å². The first-order valence-corrected chi connectivity index (χ1v) is 9.45. The maximum atomic E-state index is 12.6. The van der Waals surface area contributed by atoms with Gasteiger partial charge in [0.1, 0.15) is 11.6 Å². The van der Waals surface area contributed by atoms with Crippen LogP contribution in [0.3, 0.4) is 0 Å². The molecule has 0 radical (unpaired) electrons. The summed E-state index contributed by atoms with van der Waals surface area (Å²) in [5.41, 5.74) is 0.261. The molecule has 2 heterocycles. The Morgan fingerprint density at radius 2 is 2.19 bits per heavy atom. The van der Waals surface area contributed by atoms with E-state index in [1.807, 2.05) is 13.0 Å². The number of nitrogens with zero attached hydrogens (tertiary/aromatic N) is 3. The van der Waals surface area contributed by atoms with Crippen molar-refractivity contribution in [1.82, 2.24) is 15.3 Å². The number of piperidine rings is 1. The number of alkyl halides is 1. The third-order valence-corrected chi connectivity index (χ3v) is 6.00. The number of hydrogen-bond donors (Lipinski definition) is 2. The molecule has 0 spiro atoms. The van der Waals surface area contributed by atoms with Gasteiger partial charge in [-0.15, -0.1) is 11.6 Å². The van der Waals surface area contributed by atoms with Crippen LogP contribution in [-0.4, -0.2) is 53.7 Å². The Balaban J connectivity index is 1.68. The average molecular weight is 394 g/mol. The smallest absolute Gasteiger partial charge is 0.236 e. The number of halogens is 1. The highest BCUT2D eigenvalue weighted by Crippen LogP contribution is 2.38. The highest BCUT2D eigenvalue weighted by atomic mass is 35.5. The number of carbonyl (C=O) groups is 1. The number of rotatable bonds is 5. The quantitative estimate of drug-likeness (QED) is 0.732. The molecule has 1 saturated carbocycles. The molecule has 6 atom stereocenters. The fraction of sp³-hybridized carbons (Fsp3) is 0.667. The topological polar surface area (TPSA) is 109 Å². The monoisotopic (exact) mass is 393 g/mol. The van der Waals surface area contributed by atoms with Gasteiger partial charge in [-0.25, -0.2) is 4.98 Å². The highest BCUT2D eigenvalue weighted by molar-refractivity contribution is 6.21. The summed E-state index contributed by atoms with van der Waals surface area (Å²) in [5, 5.41) is 15.3. The van der Waals surface area contributed by atoms with E-state index in [1.54, 1.807) is 7.11 Å². The number of carbonyl (C=O) groups excluding carboxylic acids is 1. The highest BCUT2D eigenvalue weighted by Gasteiger charge is 2.44. The van der Waals surface area contributed by atoms with E-state index in [9.17, 15) is 4.79 Å². The summed E-state index contributed by atoms with van der Waals surface area (Å²) in [7, 11) is 3.11. The lowest BCUT2D eigenvalue weighted by Gasteiger charge is -2.44. The van der Waals surface area contributed by atoms with E-state index in [0.29, 0.717) is 11.9 Å². The Kier molecular flexibility index (Phi) is 6.02. The summed E-state index contributed by atoms with van der Waals surface area (Å²) < 4.78 is 10.5. The van der Waals surface area contributed by atoms with Crippen molar-refractivity contribution >= 4 is 23.5 Å². The van der Waals surface area contributed by atoms with Crippen molar-refractivity contribution in [3.63, 3.8) is 0 Å². The van der Waals surface area contributed by atoms with Gasteiger partial charge in [0.15, 0.2) is 0 Å². The van der Waals surface area contributed by atoms with Gasteiger partial charge in [-0.05, 0) is 32.1 Å². The van der Waals surface area contributed by atoms with Gasteiger partial charge in [0.2, 0.25) is 17.7 Å². The Morgan fingerprint density at radius 3 is 2.85 bits per heavy atom. The van der Waals surface area contributed by atoms with Crippen LogP contribution in [0.5, 0.6) is 5.88 Å². The predicted molar refractivity (Wildman–Crippen MR) is 99.6 cm³/mol.